The van der Waals surface area contributed by atoms with Crippen molar-refractivity contribution in [3.05, 3.63) is 68.9 Å². The van der Waals surface area contributed by atoms with Gasteiger partial charge in [0.05, 0.1) is 0 Å². The SMILES string of the molecule is OC(c1ccc(Cl)cc1)c1cc(F)cc(Br)c1. The summed E-state index contributed by atoms with van der Waals surface area (Å²) in [6.45, 7) is 0. The molecule has 0 spiro atoms. The Morgan fingerprint density at radius 3 is 2.29 bits per heavy atom. The molecular formula is C13H9BrClFO. The summed E-state index contributed by atoms with van der Waals surface area (Å²) < 4.78 is 13.8. The van der Waals surface area contributed by atoms with E-state index in [2.05, 4.69) is 15.9 Å². The average Bonchev–Trinajstić information content (AvgIpc) is 2.28. The fourth-order valence-corrected chi connectivity index (χ4v) is 2.18. The van der Waals surface area contributed by atoms with E-state index in [0.29, 0.717) is 20.6 Å². The summed E-state index contributed by atoms with van der Waals surface area (Å²) in [5.74, 6) is -0.387. The quantitative estimate of drug-likeness (QED) is 0.875. The van der Waals surface area contributed by atoms with Crippen LogP contribution in [-0.2, 0) is 0 Å². The van der Waals surface area contributed by atoms with Gasteiger partial charge in [-0.15, -0.1) is 0 Å². The monoisotopic (exact) mass is 314 g/mol. The topological polar surface area (TPSA) is 20.2 Å². The molecule has 0 amide bonds. The van der Waals surface area contributed by atoms with E-state index in [9.17, 15) is 9.50 Å². The highest BCUT2D eigenvalue weighted by atomic mass is 79.9. The Morgan fingerprint density at radius 2 is 1.71 bits per heavy atom. The van der Waals surface area contributed by atoms with Gasteiger partial charge >= 0.3 is 0 Å². The van der Waals surface area contributed by atoms with Gasteiger partial charge in [-0.2, -0.15) is 0 Å². The Bertz CT molecular complexity index is 507. The van der Waals surface area contributed by atoms with Gasteiger partial charge in [-0.05, 0) is 41.5 Å². The first-order valence-electron chi connectivity index (χ1n) is 4.96. The van der Waals surface area contributed by atoms with Crippen LogP contribution in [0.3, 0.4) is 0 Å². The molecule has 88 valence electrons. The minimum Gasteiger partial charge on any atom is -0.384 e. The second-order valence-electron chi connectivity index (χ2n) is 3.66. The summed E-state index contributed by atoms with van der Waals surface area (Å²) in [5, 5.41) is 10.7. The molecule has 0 heterocycles. The summed E-state index contributed by atoms with van der Waals surface area (Å²) >= 11 is 8.96. The molecule has 4 heteroatoms. The van der Waals surface area contributed by atoms with Crippen LogP contribution in [0, 0.1) is 5.82 Å². The van der Waals surface area contributed by atoms with Crippen LogP contribution >= 0.6 is 27.5 Å². The van der Waals surface area contributed by atoms with Gasteiger partial charge in [0.2, 0.25) is 0 Å². The van der Waals surface area contributed by atoms with E-state index in [1.165, 1.54) is 12.1 Å². The Balaban J connectivity index is 2.36. The third kappa shape index (κ3) is 3.06. The number of aliphatic hydroxyl groups is 1. The minimum absolute atomic E-state index is 0.387. The van der Waals surface area contributed by atoms with Crippen molar-refractivity contribution in [2.75, 3.05) is 0 Å². The Hall–Kier alpha value is -0.900. The van der Waals surface area contributed by atoms with Crippen LogP contribution in [0.1, 0.15) is 17.2 Å². The van der Waals surface area contributed by atoms with Gasteiger partial charge in [-0.25, -0.2) is 4.39 Å². The maximum atomic E-state index is 13.2. The standard InChI is InChI=1S/C13H9BrClFO/c14-10-5-9(6-12(16)7-10)13(17)8-1-3-11(15)4-2-8/h1-7,13,17H. The van der Waals surface area contributed by atoms with Gasteiger partial charge < -0.3 is 5.11 Å². The molecule has 0 aromatic heterocycles. The first-order chi connectivity index (χ1) is 8.06. The van der Waals surface area contributed by atoms with Crippen LogP contribution in [0.5, 0.6) is 0 Å². The number of benzene rings is 2. The Morgan fingerprint density at radius 1 is 1.06 bits per heavy atom. The zero-order chi connectivity index (χ0) is 12.4. The molecule has 1 N–H and O–H groups in total. The molecule has 0 bridgehead atoms. The third-order valence-corrected chi connectivity index (χ3v) is 3.10. The third-order valence-electron chi connectivity index (χ3n) is 2.39. The first kappa shape index (κ1) is 12.6. The van der Waals surface area contributed by atoms with Crippen LogP contribution < -0.4 is 0 Å². The molecule has 2 aromatic carbocycles. The molecule has 0 fully saturated rings. The predicted octanol–water partition coefficient (Wildman–Crippen LogP) is 4.32. The van der Waals surface area contributed by atoms with E-state index >= 15 is 0 Å². The van der Waals surface area contributed by atoms with Crippen molar-refractivity contribution in [1.29, 1.82) is 0 Å². The van der Waals surface area contributed by atoms with Gasteiger partial charge in [0, 0.05) is 9.50 Å². The van der Waals surface area contributed by atoms with Crippen LogP contribution in [-0.4, -0.2) is 5.11 Å². The van der Waals surface area contributed by atoms with Crippen molar-refractivity contribution >= 4 is 27.5 Å². The van der Waals surface area contributed by atoms with Gasteiger partial charge in [-0.3, -0.25) is 0 Å². The summed E-state index contributed by atoms with van der Waals surface area (Å²) in [4.78, 5) is 0. The molecule has 0 saturated carbocycles. The number of rotatable bonds is 2. The first-order valence-corrected chi connectivity index (χ1v) is 6.13. The zero-order valence-corrected chi connectivity index (χ0v) is 11.0. The lowest BCUT2D eigenvalue weighted by Crippen LogP contribution is -2.00. The Labute approximate surface area is 112 Å². The van der Waals surface area contributed by atoms with Gasteiger partial charge in [0.15, 0.2) is 0 Å². The van der Waals surface area contributed by atoms with Crippen LogP contribution in [0.25, 0.3) is 0 Å². The molecule has 0 aliphatic carbocycles. The molecule has 1 atom stereocenters. The smallest absolute Gasteiger partial charge is 0.124 e. The number of halogens is 3. The lowest BCUT2D eigenvalue weighted by molar-refractivity contribution is 0.219. The van der Waals surface area contributed by atoms with E-state index in [0.717, 1.165) is 0 Å². The van der Waals surface area contributed by atoms with E-state index in [-0.39, 0.29) is 5.82 Å². The molecule has 1 unspecified atom stereocenters. The van der Waals surface area contributed by atoms with Crippen LogP contribution in [0.2, 0.25) is 5.02 Å². The number of hydrogen-bond acceptors (Lipinski definition) is 1. The maximum absolute atomic E-state index is 13.2. The zero-order valence-electron chi connectivity index (χ0n) is 8.70. The Kier molecular flexibility index (Phi) is 3.82. The second-order valence-corrected chi connectivity index (χ2v) is 5.01. The van der Waals surface area contributed by atoms with Crippen molar-refractivity contribution in [1.82, 2.24) is 0 Å². The fraction of sp³-hybridized carbons (Fsp3) is 0.0769. The molecule has 0 aliphatic heterocycles. The molecule has 0 aliphatic rings. The van der Waals surface area contributed by atoms with Gasteiger partial charge in [0.25, 0.3) is 0 Å². The summed E-state index contributed by atoms with van der Waals surface area (Å²) in [6.07, 6.45) is -0.862. The molecule has 2 rings (SSSR count). The van der Waals surface area contributed by atoms with Crippen molar-refractivity contribution in [3.63, 3.8) is 0 Å². The van der Waals surface area contributed by atoms with Gasteiger partial charge in [0.1, 0.15) is 11.9 Å². The highest BCUT2D eigenvalue weighted by Gasteiger charge is 2.12. The lowest BCUT2D eigenvalue weighted by atomic mass is 10.0. The van der Waals surface area contributed by atoms with Crippen LogP contribution in [0.4, 0.5) is 4.39 Å². The normalized spacial score (nSPS) is 12.5. The van der Waals surface area contributed by atoms with E-state index < -0.39 is 6.10 Å². The fourth-order valence-electron chi connectivity index (χ4n) is 1.57. The van der Waals surface area contributed by atoms with E-state index in [1.807, 2.05) is 0 Å². The summed E-state index contributed by atoms with van der Waals surface area (Å²) in [7, 11) is 0. The molecule has 2 aromatic rings. The van der Waals surface area contributed by atoms with Crippen molar-refractivity contribution in [2.45, 2.75) is 6.10 Å². The van der Waals surface area contributed by atoms with Crippen molar-refractivity contribution < 1.29 is 9.50 Å². The van der Waals surface area contributed by atoms with E-state index in [4.69, 9.17) is 11.6 Å². The van der Waals surface area contributed by atoms with Crippen LogP contribution in [0.15, 0.2) is 46.9 Å². The highest BCUT2D eigenvalue weighted by Crippen LogP contribution is 2.26. The second kappa shape index (κ2) is 5.17. The molecule has 1 nitrogen and oxygen atoms in total. The van der Waals surface area contributed by atoms with Crippen molar-refractivity contribution in [3.8, 4) is 0 Å². The number of hydrogen-bond donors (Lipinski definition) is 1. The molecule has 0 radical (unpaired) electrons. The number of aliphatic hydroxyl groups excluding tert-OH is 1. The molecule has 17 heavy (non-hydrogen) atoms. The average molecular weight is 316 g/mol. The largest absolute Gasteiger partial charge is 0.384 e. The minimum atomic E-state index is -0.862. The van der Waals surface area contributed by atoms with Crippen molar-refractivity contribution in [2.24, 2.45) is 0 Å². The van der Waals surface area contributed by atoms with E-state index in [1.54, 1.807) is 30.3 Å². The van der Waals surface area contributed by atoms with Gasteiger partial charge in [-0.1, -0.05) is 39.7 Å². The predicted molar refractivity (Wildman–Crippen MR) is 69.6 cm³/mol. The lowest BCUT2D eigenvalue weighted by Gasteiger charge is -2.12. The maximum Gasteiger partial charge on any atom is 0.124 e. The summed E-state index contributed by atoms with van der Waals surface area (Å²) in [5.41, 5.74) is 1.17. The summed E-state index contributed by atoms with van der Waals surface area (Å²) in [6, 6.07) is 11.1. The highest BCUT2D eigenvalue weighted by molar-refractivity contribution is 9.10. The molecule has 0 saturated heterocycles. The molecular weight excluding hydrogens is 306 g/mol.